The van der Waals surface area contributed by atoms with Crippen LogP contribution in [0.2, 0.25) is 0 Å². The summed E-state index contributed by atoms with van der Waals surface area (Å²) in [5.74, 6) is -0.167. The van der Waals surface area contributed by atoms with Gasteiger partial charge in [-0.25, -0.2) is 0 Å². The van der Waals surface area contributed by atoms with Crippen molar-refractivity contribution >= 4 is 5.91 Å². The lowest BCUT2D eigenvalue weighted by Gasteiger charge is -2.09. The number of aromatic nitrogens is 1. The molecule has 92 valence electrons. The number of H-pyrrole nitrogens is 1. The SMILES string of the molecule is O=C(NCCC1CCCO1)c1ccc(=O)[nH]c1. The van der Waals surface area contributed by atoms with Crippen LogP contribution in [0.15, 0.2) is 23.1 Å². The fraction of sp³-hybridized carbons (Fsp3) is 0.500. The van der Waals surface area contributed by atoms with E-state index in [2.05, 4.69) is 10.3 Å². The average molecular weight is 236 g/mol. The van der Waals surface area contributed by atoms with E-state index in [1.54, 1.807) is 0 Å². The van der Waals surface area contributed by atoms with E-state index in [4.69, 9.17) is 4.74 Å². The number of amides is 1. The van der Waals surface area contributed by atoms with Crippen molar-refractivity contribution in [1.82, 2.24) is 10.3 Å². The lowest BCUT2D eigenvalue weighted by atomic mass is 10.2. The molecule has 1 fully saturated rings. The summed E-state index contributed by atoms with van der Waals surface area (Å²) in [6.45, 7) is 1.43. The van der Waals surface area contributed by atoms with E-state index >= 15 is 0 Å². The molecular weight excluding hydrogens is 220 g/mol. The van der Waals surface area contributed by atoms with Gasteiger partial charge >= 0.3 is 0 Å². The van der Waals surface area contributed by atoms with Crippen molar-refractivity contribution in [2.75, 3.05) is 13.2 Å². The molecule has 1 amide bonds. The summed E-state index contributed by atoms with van der Waals surface area (Å²) >= 11 is 0. The molecule has 1 aromatic heterocycles. The van der Waals surface area contributed by atoms with Crippen molar-refractivity contribution < 1.29 is 9.53 Å². The van der Waals surface area contributed by atoms with Crippen LogP contribution in [0, 0.1) is 0 Å². The first-order valence-corrected chi connectivity index (χ1v) is 5.84. The van der Waals surface area contributed by atoms with Crippen LogP contribution in [0.3, 0.4) is 0 Å². The molecule has 0 aliphatic carbocycles. The van der Waals surface area contributed by atoms with E-state index in [1.165, 1.54) is 18.3 Å². The van der Waals surface area contributed by atoms with E-state index in [-0.39, 0.29) is 17.6 Å². The molecule has 2 rings (SSSR count). The maximum absolute atomic E-state index is 11.7. The Morgan fingerprint density at radius 3 is 3.06 bits per heavy atom. The number of ether oxygens (including phenoxy) is 1. The maximum atomic E-state index is 11.7. The predicted molar refractivity (Wildman–Crippen MR) is 63.0 cm³/mol. The highest BCUT2D eigenvalue weighted by molar-refractivity contribution is 5.93. The Labute approximate surface area is 99.2 Å². The third-order valence-corrected chi connectivity index (χ3v) is 2.82. The van der Waals surface area contributed by atoms with E-state index in [9.17, 15) is 9.59 Å². The summed E-state index contributed by atoms with van der Waals surface area (Å²) in [6, 6.07) is 2.86. The molecule has 2 heterocycles. The number of rotatable bonds is 4. The minimum absolute atomic E-state index is 0.167. The van der Waals surface area contributed by atoms with Crippen molar-refractivity contribution in [3.8, 4) is 0 Å². The van der Waals surface area contributed by atoms with E-state index in [1.807, 2.05) is 0 Å². The average Bonchev–Trinajstić information content (AvgIpc) is 2.83. The van der Waals surface area contributed by atoms with Gasteiger partial charge in [0.1, 0.15) is 0 Å². The number of nitrogens with one attached hydrogen (secondary N) is 2. The molecule has 1 unspecified atom stereocenters. The molecule has 0 saturated carbocycles. The topological polar surface area (TPSA) is 71.2 Å². The highest BCUT2D eigenvalue weighted by atomic mass is 16.5. The highest BCUT2D eigenvalue weighted by Gasteiger charge is 2.15. The summed E-state index contributed by atoms with van der Waals surface area (Å²) in [7, 11) is 0. The van der Waals surface area contributed by atoms with Crippen LogP contribution in [-0.4, -0.2) is 30.1 Å². The molecule has 1 aromatic rings. The van der Waals surface area contributed by atoms with Crippen LogP contribution >= 0.6 is 0 Å². The van der Waals surface area contributed by atoms with Gasteiger partial charge in [-0.2, -0.15) is 0 Å². The van der Waals surface area contributed by atoms with E-state index in [0.717, 1.165) is 25.9 Å². The lowest BCUT2D eigenvalue weighted by Crippen LogP contribution is -2.27. The van der Waals surface area contributed by atoms with Gasteiger partial charge in [0.05, 0.1) is 11.7 Å². The molecule has 0 bridgehead atoms. The number of aromatic amines is 1. The standard InChI is InChI=1S/C12H16N2O3/c15-11-4-3-9(8-14-11)12(16)13-6-5-10-2-1-7-17-10/h3-4,8,10H,1-2,5-7H2,(H,13,16)(H,14,15). The second-order valence-electron chi connectivity index (χ2n) is 4.12. The second-order valence-corrected chi connectivity index (χ2v) is 4.12. The summed E-state index contributed by atoms with van der Waals surface area (Å²) < 4.78 is 5.46. The molecule has 0 aromatic carbocycles. The van der Waals surface area contributed by atoms with Crippen LogP contribution in [0.5, 0.6) is 0 Å². The Morgan fingerprint density at radius 1 is 1.53 bits per heavy atom. The zero-order valence-electron chi connectivity index (χ0n) is 9.57. The molecule has 1 aliphatic heterocycles. The van der Waals surface area contributed by atoms with E-state index in [0.29, 0.717) is 12.1 Å². The fourth-order valence-electron chi connectivity index (χ4n) is 1.87. The van der Waals surface area contributed by atoms with Gasteiger partial charge in [-0.1, -0.05) is 0 Å². The first-order chi connectivity index (χ1) is 8.25. The smallest absolute Gasteiger partial charge is 0.252 e. The van der Waals surface area contributed by atoms with Crippen molar-refractivity contribution in [3.05, 3.63) is 34.2 Å². The molecule has 0 spiro atoms. The van der Waals surface area contributed by atoms with E-state index < -0.39 is 0 Å². The van der Waals surface area contributed by atoms with Gasteiger partial charge in [-0.05, 0) is 25.3 Å². The van der Waals surface area contributed by atoms with Crippen LogP contribution in [0.1, 0.15) is 29.6 Å². The molecular formula is C12H16N2O3. The lowest BCUT2D eigenvalue weighted by molar-refractivity contribution is 0.0907. The Kier molecular flexibility index (Phi) is 3.93. The van der Waals surface area contributed by atoms with Crippen molar-refractivity contribution in [1.29, 1.82) is 0 Å². The van der Waals surface area contributed by atoms with Gasteiger partial charge in [0, 0.05) is 25.4 Å². The molecule has 1 aliphatic rings. The van der Waals surface area contributed by atoms with Gasteiger partial charge in [-0.15, -0.1) is 0 Å². The molecule has 1 saturated heterocycles. The van der Waals surface area contributed by atoms with Crippen molar-refractivity contribution in [3.63, 3.8) is 0 Å². The van der Waals surface area contributed by atoms with Gasteiger partial charge in [0.25, 0.3) is 5.91 Å². The second kappa shape index (κ2) is 5.63. The number of hydrogen-bond donors (Lipinski definition) is 2. The van der Waals surface area contributed by atoms with Crippen LogP contribution in [-0.2, 0) is 4.74 Å². The summed E-state index contributed by atoms with van der Waals surface area (Å²) in [5, 5.41) is 2.80. The highest BCUT2D eigenvalue weighted by Crippen LogP contribution is 2.14. The van der Waals surface area contributed by atoms with Crippen molar-refractivity contribution in [2.45, 2.75) is 25.4 Å². The first-order valence-electron chi connectivity index (χ1n) is 5.84. The molecule has 1 atom stereocenters. The summed E-state index contributed by atoms with van der Waals surface area (Å²) in [6.07, 6.45) is 4.73. The summed E-state index contributed by atoms with van der Waals surface area (Å²) in [5.41, 5.74) is 0.262. The van der Waals surface area contributed by atoms with Crippen LogP contribution < -0.4 is 10.9 Å². The normalized spacial score (nSPS) is 19.2. The fourth-order valence-corrected chi connectivity index (χ4v) is 1.87. The molecule has 2 N–H and O–H groups in total. The summed E-state index contributed by atoms with van der Waals surface area (Å²) in [4.78, 5) is 25.0. The van der Waals surface area contributed by atoms with Gasteiger partial charge in [0.15, 0.2) is 0 Å². The molecule has 17 heavy (non-hydrogen) atoms. The molecule has 5 nitrogen and oxygen atoms in total. The molecule has 5 heteroatoms. The Balaban J connectivity index is 1.76. The third-order valence-electron chi connectivity index (χ3n) is 2.82. The van der Waals surface area contributed by atoms with Gasteiger partial charge < -0.3 is 15.0 Å². The minimum Gasteiger partial charge on any atom is -0.378 e. The number of carbonyl (C=O) groups is 1. The maximum Gasteiger partial charge on any atom is 0.252 e. The minimum atomic E-state index is -0.207. The Hall–Kier alpha value is -1.62. The number of pyridine rings is 1. The Morgan fingerprint density at radius 2 is 2.41 bits per heavy atom. The van der Waals surface area contributed by atoms with Crippen LogP contribution in [0.4, 0.5) is 0 Å². The monoisotopic (exact) mass is 236 g/mol. The van der Waals surface area contributed by atoms with Gasteiger partial charge in [0.2, 0.25) is 5.56 Å². The Bertz CT molecular complexity index is 415. The van der Waals surface area contributed by atoms with Crippen molar-refractivity contribution in [2.24, 2.45) is 0 Å². The van der Waals surface area contributed by atoms with Gasteiger partial charge in [-0.3, -0.25) is 9.59 Å². The number of hydrogen-bond acceptors (Lipinski definition) is 3. The van der Waals surface area contributed by atoms with Crippen LogP contribution in [0.25, 0.3) is 0 Å². The zero-order chi connectivity index (χ0) is 12.1. The largest absolute Gasteiger partial charge is 0.378 e. The third kappa shape index (κ3) is 3.42. The zero-order valence-corrected chi connectivity index (χ0v) is 9.57. The number of carbonyl (C=O) groups excluding carboxylic acids is 1. The predicted octanol–water partition coefficient (Wildman–Crippen LogP) is 0.674. The first kappa shape index (κ1) is 11.9. The molecule has 0 radical (unpaired) electrons. The quantitative estimate of drug-likeness (QED) is 0.807.